The van der Waals surface area contributed by atoms with Crippen molar-refractivity contribution in [3.05, 3.63) is 19.2 Å². The van der Waals surface area contributed by atoms with E-state index in [-0.39, 0.29) is 11.8 Å². The van der Waals surface area contributed by atoms with Crippen molar-refractivity contribution in [3.63, 3.8) is 0 Å². The molecule has 1 N–H and O–H groups in total. The lowest BCUT2D eigenvalue weighted by molar-refractivity contribution is -0.145. The third kappa shape index (κ3) is 3.03. The summed E-state index contributed by atoms with van der Waals surface area (Å²) in [5.74, 6) is -1.13. The van der Waals surface area contributed by atoms with E-state index in [0.29, 0.717) is 11.4 Å². The van der Waals surface area contributed by atoms with E-state index in [0.717, 1.165) is 21.1 Å². The molecule has 2 rings (SSSR count). The van der Waals surface area contributed by atoms with Gasteiger partial charge in [0.1, 0.15) is 6.04 Å². The molecule has 0 aromatic carbocycles. The molecule has 1 aliphatic rings. The fourth-order valence-corrected chi connectivity index (χ4v) is 4.38. The first kappa shape index (κ1) is 15.0. The molecule has 7 heteroatoms. The lowest BCUT2D eigenvalue weighted by Gasteiger charge is -2.37. The predicted molar refractivity (Wildman–Crippen MR) is 80.6 cm³/mol. The fourth-order valence-electron chi connectivity index (χ4n) is 2.39. The van der Waals surface area contributed by atoms with E-state index in [1.807, 2.05) is 6.92 Å². The molecule has 1 fully saturated rings. The van der Waals surface area contributed by atoms with Crippen molar-refractivity contribution in [2.75, 3.05) is 6.54 Å². The van der Waals surface area contributed by atoms with Gasteiger partial charge in [0.05, 0.1) is 8.66 Å². The van der Waals surface area contributed by atoms with E-state index in [1.165, 1.54) is 16.2 Å². The van der Waals surface area contributed by atoms with Crippen molar-refractivity contribution in [1.82, 2.24) is 4.90 Å². The molecule has 0 bridgehead atoms. The van der Waals surface area contributed by atoms with Gasteiger partial charge in [-0.2, -0.15) is 0 Å². The molecule has 0 radical (unpaired) electrons. The van der Waals surface area contributed by atoms with Gasteiger partial charge in [-0.3, -0.25) is 4.79 Å². The van der Waals surface area contributed by atoms with E-state index in [2.05, 4.69) is 31.9 Å². The third-order valence-electron chi connectivity index (χ3n) is 3.30. The summed E-state index contributed by atoms with van der Waals surface area (Å²) in [5, 5.41) is 9.33. The van der Waals surface area contributed by atoms with Gasteiger partial charge in [0.2, 0.25) is 0 Å². The number of piperidine rings is 1. The Morgan fingerprint density at radius 3 is 2.68 bits per heavy atom. The molecule has 4 nitrogen and oxygen atoms in total. The second kappa shape index (κ2) is 5.93. The molecule has 1 aromatic rings. The second-order valence-electron chi connectivity index (χ2n) is 4.63. The van der Waals surface area contributed by atoms with E-state index < -0.39 is 12.0 Å². The van der Waals surface area contributed by atoms with Crippen LogP contribution in [0.25, 0.3) is 0 Å². The number of likely N-dealkylation sites (tertiary alicyclic amines) is 1. The minimum absolute atomic E-state index is 0.0120. The Morgan fingerprint density at radius 1 is 1.47 bits per heavy atom. The summed E-state index contributed by atoms with van der Waals surface area (Å²) >= 11 is 8.01. The van der Waals surface area contributed by atoms with Gasteiger partial charge in [0, 0.05) is 11.0 Å². The number of thiophene rings is 1. The summed E-state index contributed by atoms with van der Waals surface area (Å²) in [6, 6.07) is 1.01. The number of halogens is 2. The summed E-state index contributed by atoms with van der Waals surface area (Å²) in [5.41, 5.74) is 0. The smallest absolute Gasteiger partial charge is 0.326 e. The number of carbonyl (C=O) groups is 2. The van der Waals surface area contributed by atoms with Crippen molar-refractivity contribution in [2.24, 2.45) is 5.92 Å². The molecular formula is C12H13Br2NO3S. The second-order valence-corrected chi connectivity index (χ2v) is 7.86. The highest BCUT2D eigenvalue weighted by molar-refractivity contribution is 9.13. The predicted octanol–water partition coefficient (Wildman–Crippen LogP) is 3.60. The van der Waals surface area contributed by atoms with Gasteiger partial charge in [0.15, 0.2) is 0 Å². The molecule has 0 aliphatic carbocycles. The van der Waals surface area contributed by atoms with Crippen molar-refractivity contribution < 1.29 is 14.7 Å². The molecule has 2 atom stereocenters. The Hall–Kier alpha value is -0.400. The summed E-state index contributed by atoms with van der Waals surface area (Å²) in [7, 11) is 0. The summed E-state index contributed by atoms with van der Waals surface area (Å²) < 4.78 is 1.66. The summed E-state index contributed by atoms with van der Waals surface area (Å²) in [6.07, 6.45) is 1.70. The van der Waals surface area contributed by atoms with Crippen LogP contribution >= 0.6 is 43.2 Å². The average Bonchev–Trinajstić information content (AvgIpc) is 2.68. The van der Waals surface area contributed by atoms with Crippen LogP contribution in [0.4, 0.5) is 0 Å². The number of nitrogens with zero attached hydrogens (tertiary/aromatic N) is 1. The lowest BCUT2D eigenvalue weighted by Crippen LogP contribution is -2.51. The molecule has 2 unspecified atom stereocenters. The first-order valence-electron chi connectivity index (χ1n) is 5.90. The van der Waals surface area contributed by atoms with Crippen molar-refractivity contribution in [3.8, 4) is 0 Å². The van der Waals surface area contributed by atoms with Gasteiger partial charge in [0.25, 0.3) is 5.91 Å². The highest BCUT2D eigenvalue weighted by Gasteiger charge is 2.37. The van der Waals surface area contributed by atoms with Crippen molar-refractivity contribution in [1.29, 1.82) is 0 Å². The molecule has 104 valence electrons. The molecule has 0 spiro atoms. The molecule has 1 saturated heterocycles. The first-order chi connectivity index (χ1) is 8.91. The number of hydrogen-bond acceptors (Lipinski definition) is 3. The fraction of sp³-hybridized carbons (Fsp3) is 0.500. The van der Waals surface area contributed by atoms with Gasteiger partial charge in [-0.1, -0.05) is 6.92 Å². The van der Waals surface area contributed by atoms with E-state index in [4.69, 9.17) is 0 Å². The number of hydrogen-bond donors (Lipinski definition) is 1. The number of carbonyl (C=O) groups excluding carboxylic acids is 1. The molecule has 1 aromatic heterocycles. The normalized spacial score (nSPS) is 23.4. The zero-order valence-electron chi connectivity index (χ0n) is 10.2. The van der Waals surface area contributed by atoms with Gasteiger partial charge >= 0.3 is 5.97 Å². The Labute approximate surface area is 132 Å². The lowest BCUT2D eigenvalue weighted by atomic mass is 9.90. The Morgan fingerprint density at radius 2 is 2.16 bits per heavy atom. The van der Waals surface area contributed by atoms with Crippen LogP contribution in [-0.4, -0.2) is 34.5 Å². The van der Waals surface area contributed by atoms with Crippen LogP contribution in [0.3, 0.4) is 0 Å². The van der Waals surface area contributed by atoms with E-state index in [1.54, 1.807) is 6.07 Å². The summed E-state index contributed by atoms with van der Waals surface area (Å²) in [6.45, 7) is 2.39. The van der Waals surface area contributed by atoms with Gasteiger partial charge < -0.3 is 10.0 Å². The van der Waals surface area contributed by atoms with Gasteiger partial charge in [-0.15, -0.1) is 11.3 Å². The molecule has 19 heavy (non-hydrogen) atoms. The van der Waals surface area contributed by atoms with Crippen LogP contribution < -0.4 is 0 Å². The van der Waals surface area contributed by atoms with Crippen LogP contribution in [0, 0.1) is 5.92 Å². The maximum Gasteiger partial charge on any atom is 0.326 e. The van der Waals surface area contributed by atoms with Crippen LogP contribution in [0.15, 0.2) is 14.3 Å². The van der Waals surface area contributed by atoms with Gasteiger partial charge in [-0.25, -0.2) is 4.79 Å². The minimum atomic E-state index is -0.921. The van der Waals surface area contributed by atoms with E-state index in [9.17, 15) is 14.7 Å². The summed E-state index contributed by atoms with van der Waals surface area (Å²) in [4.78, 5) is 25.9. The number of carboxylic acid groups (broad SMARTS) is 1. The highest BCUT2D eigenvalue weighted by Crippen LogP contribution is 2.34. The Balaban J connectivity index is 2.28. The minimum Gasteiger partial charge on any atom is -0.480 e. The topological polar surface area (TPSA) is 57.6 Å². The Bertz CT molecular complexity index is 498. The van der Waals surface area contributed by atoms with Crippen LogP contribution in [-0.2, 0) is 4.79 Å². The van der Waals surface area contributed by atoms with Crippen molar-refractivity contribution >= 4 is 55.1 Å². The van der Waals surface area contributed by atoms with Crippen LogP contribution in [0.1, 0.15) is 29.4 Å². The zero-order valence-corrected chi connectivity index (χ0v) is 14.2. The Kier molecular flexibility index (Phi) is 4.68. The first-order valence-corrected chi connectivity index (χ1v) is 8.30. The molecular weight excluding hydrogens is 398 g/mol. The maximum atomic E-state index is 12.5. The third-order valence-corrected chi connectivity index (χ3v) is 6.55. The van der Waals surface area contributed by atoms with Gasteiger partial charge in [-0.05, 0) is 56.7 Å². The number of rotatable bonds is 2. The van der Waals surface area contributed by atoms with Crippen molar-refractivity contribution in [2.45, 2.75) is 25.8 Å². The number of carboxylic acids is 1. The molecule has 1 amide bonds. The molecule has 1 aliphatic heterocycles. The quantitative estimate of drug-likeness (QED) is 0.810. The number of aliphatic carboxylic acids is 1. The average molecular weight is 411 g/mol. The molecule has 2 heterocycles. The SMILES string of the molecule is CC1CCCN(C(=O)c2cc(Br)c(Br)s2)C1C(=O)O. The molecule has 0 saturated carbocycles. The standard InChI is InChI=1S/C12H13Br2NO3S/c1-6-3-2-4-15(9(6)12(17)18)11(16)8-5-7(13)10(14)19-8/h5-6,9H,2-4H2,1H3,(H,17,18). The van der Waals surface area contributed by atoms with E-state index >= 15 is 0 Å². The highest BCUT2D eigenvalue weighted by atomic mass is 79.9. The number of amides is 1. The largest absolute Gasteiger partial charge is 0.480 e. The van der Waals surface area contributed by atoms with Crippen LogP contribution in [0.5, 0.6) is 0 Å². The van der Waals surface area contributed by atoms with Crippen LogP contribution in [0.2, 0.25) is 0 Å². The zero-order chi connectivity index (χ0) is 14.2. The monoisotopic (exact) mass is 409 g/mol. The maximum absolute atomic E-state index is 12.5.